The largest absolute Gasteiger partial charge is 0.495 e. The molecule has 0 radical (unpaired) electrons. The zero-order valence-corrected chi connectivity index (χ0v) is 9.00. The van der Waals surface area contributed by atoms with Gasteiger partial charge in [-0.15, -0.1) is 0 Å². The Kier molecular flexibility index (Phi) is 2.00. The highest BCUT2D eigenvalue weighted by Gasteiger charge is 2.03. The molecule has 2 aromatic rings. The molecule has 2 rings (SSSR count). The Morgan fingerprint density at radius 2 is 2.23 bits per heavy atom. The maximum absolute atomic E-state index is 5.19. The Bertz CT molecular complexity index is 450. The van der Waals surface area contributed by atoms with Crippen LogP contribution in [0.5, 0.6) is 5.75 Å². The number of halogens is 1. The van der Waals surface area contributed by atoms with Gasteiger partial charge in [0.15, 0.2) is 0 Å². The Morgan fingerprint density at radius 3 is 2.92 bits per heavy atom. The summed E-state index contributed by atoms with van der Waals surface area (Å²) in [5.41, 5.74) is 2.17. The summed E-state index contributed by atoms with van der Waals surface area (Å²) in [5, 5.41) is 4.22. The lowest BCUT2D eigenvalue weighted by Gasteiger charge is -2.03. The Balaban J connectivity index is 2.72. The molecule has 0 atom stereocenters. The smallest absolute Gasteiger partial charge is 0.140 e. The minimum absolute atomic E-state index is 0.833. The highest BCUT2D eigenvalue weighted by molar-refractivity contribution is 9.10. The van der Waals surface area contributed by atoms with Crippen molar-refractivity contribution >= 4 is 21.4 Å². The average molecular weight is 241 g/mol. The molecule has 0 N–H and O–H groups in total. The maximum Gasteiger partial charge on any atom is 0.140 e. The van der Waals surface area contributed by atoms with E-state index in [1.165, 1.54) is 0 Å². The Labute approximate surface area is 84.4 Å². The van der Waals surface area contributed by atoms with Crippen molar-refractivity contribution in [3.8, 4) is 5.75 Å². The summed E-state index contributed by atoms with van der Waals surface area (Å²) in [6.45, 7) is 2.01. The van der Waals surface area contributed by atoms with Gasteiger partial charge < -0.3 is 4.74 Å². The van der Waals surface area contributed by atoms with Crippen LogP contribution in [0.25, 0.3) is 5.52 Å². The van der Waals surface area contributed by atoms with Gasteiger partial charge in [0, 0.05) is 0 Å². The van der Waals surface area contributed by atoms with Crippen LogP contribution in [-0.4, -0.2) is 16.7 Å². The van der Waals surface area contributed by atoms with Crippen LogP contribution in [0.2, 0.25) is 0 Å². The summed E-state index contributed by atoms with van der Waals surface area (Å²) in [6, 6.07) is 4.00. The van der Waals surface area contributed by atoms with E-state index in [1.807, 2.05) is 25.3 Å². The van der Waals surface area contributed by atoms with Crippen LogP contribution in [-0.2, 0) is 0 Å². The van der Waals surface area contributed by atoms with Gasteiger partial charge in [-0.3, -0.25) is 0 Å². The summed E-state index contributed by atoms with van der Waals surface area (Å²) in [6.07, 6.45) is 1.87. The predicted octanol–water partition coefficient (Wildman–Crippen LogP) is 2.41. The first-order valence-corrected chi connectivity index (χ1v) is 4.69. The van der Waals surface area contributed by atoms with Gasteiger partial charge >= 0.3 is 0 Å². The number of fused-ring (bicyclic) bond motifs is 1. The molecule has 13 heavy (non-hydrogen) atoms. The number of pyridine rings is 1. The number of hydrogen-bond donors (Lipinski definition) is 0. The van der Waals surface area contributed by atoms with Gasteiger partial charge in [-0.1, -0.05) is 0 Å². The summed E-state index contributed by atoms with van der Waals surface area (Å²) < 4.78 is 7.81. The molecule has 0 aliphatic carbocycles. The molecule has 68 valence electrons. The predicted molar refractivity (Wildman–Crippen MR) is 54.2 cm³/mol. The molecule has 0 bridgehead atoms. The van der Waals surface area contributed by atoms with Crippen molar-refractivity contribution in [2.75, 3.05) is 7.11 Å². The van der Waals surface area contributed by atoms with E-state index in [9.17, 15) is 0 Å². The van der Waals surface area contributed by atoms with Gasteiger partial charge in [-0.25, -0.2) is 4.52 Å². The van der Waals surface area contributed by atoms with E-state index in [4.69, 9.17) is 4.74 Å². The number of rotatable bonds is 1. The van der Waals surface area contributed by atoms with Crippen LogP contribution in [0.4, 0.5) is 0 Å². The second-order valence-electron chi connectivity index (χ2n) is 2.86. The summed E-state index contributed by atoms with van der Waals surface area (Å²) in [4.78, 5) is 0. The molecule has 3 nitrogen and oxygen atoms in total. The fraction of sp³-hybridized carbons (Fsp3) is 0.222. The minimum atomic E-state index is 0.833. The topological polar surface area (TPSA) is 26.5 Å². The first-order valence-electron chi connectivity index (χ1n) is 3.90. The first-order chi connectivity index (χ1) is 6.20. The lowest BCUT2D eigenvalue weighted by molar-refractivity contribution is 0.408. The second-order valence-corrected chi connectivity index (χ2v) is 3.67. The van der Waals surface area contributed by atoms with Crippen molar-refractivity contribution in [2.45, 2.75) is 6.92 Å². The lowest BCUT2D eigenvalue weighted by Crippen LogP contribution is -1.92. The molecule has 0 aromatic carbocycles. The number of aromatic nitrogens is 2. The fourth-order valence-corrected chi connectivity index (χ4v) is 1.71. The fourth-order valence-electron chi connectivity index (χ4n) is 1.31. The quantitative estimate of drug-likeness (QED) is 0.766. The second kappa shape index (κ2) is 3.03. The van der Waals surface area contributed by atoms with Gasteiger partial charge in [0.25, 0.3) is 0 Å². The molecule has 0 saturated carbocycles. The number of ether oxygens (including phenoxy) is 1. The monoisotopic (exact) mass is 240 g/mol. The third-order valence-electron chi connectivity index (χ3n) is 1.95. The van der Waals surface area contributed by atoms with E-state index < -0.39 is 0 Å². The lowest BCUT2D eigenvalue weighted by atomic mass is 10.2. The molecule has 0 spiro atoms. The van der Waals surface area contributed by atoms with Crippen LogP contribution in [0, 0.1) is 6.92 Å². The highest BCUT2D eigenvalue weighted by Crippen LogP contribution is 2.21. The number of hydrogen-bond acceptors (Lipinski definition) is 2. The van der Waals surface area contributed by atoms with Crippen molar-refractivity contribution in [3.05, 3.63) is 28.5 Å². The standard InChI is InChI=1S/C9H9BrN2O/c1-6-3-7-4-9(10)11-12(7)5-8(6)13-2/h3-5H,1-2H3. The van der Waals surface area contributed by atoms with Gasteiger partial charge in [0.2, 0.25) is 0 Å². The van der Waals surface area contributed by atoms with Crippen molar-refractivity contribution in [2.24, 2.45) is 0 Å². The average Bonchev–Trinajstić information content (AvgIpc) is 2.42. The van der Waals surface area contributed by atoms with Crippen LogP contribution in [0.15, 0.2) is 22.9 Å². The normalized spacial score (nSPS) is 10.7. The number of aryl methyl sites for hydroxylation is 1. The Hall–Kier alpha value is -1.03. The van der Waals surface area contributed by atoms with E-state index in [1.54, 1.807) is 11.6 Å². The van der Waals surface area contributed by atoms with Crippen molar-refractivity contribution < 1.29 is 4.74 Å². The molecule has 0 amide bonds. The zero-order valence-electron chi connectivity index (χ0n) is 7.41. The van der Waals surface area contributed by atoms with Gasteiger partial charge in [0.05, 0.1) is 18.8 Å². The summed E-state index contributed by atoms with van der Waals surface area (Å²) >= 11 is 3.32. The maximum atomic E-state index is 5.19. The van der Waals surface area contributed by atoms with Crippen molar-refractivity contribution in [1.82, 2.24) is 9.61 Å². The van der Waals surface area contributed by atoms with E-state index in [0.29, 0.717) is 0 Å². The molecule has 0 aliphatic rings. The van der Waals surface area contributed by atoms with Crippen LogP contribution in [0.3, 0.4) is 0 Å². The van der Waals surface area contributed by atoms with Gasteiger partial charge in [-0.05, 0) is 40.5 Å². The molecule has 2 aromatic heterocycles. The summed E-state index contributed by atoms with van der Waals surface area (Å²) in [5.74, 6) is 0.850. The molecule has 0 fully saturated rings. The number of methoxy groups -OCH3 is 1. The van der Waals surface area contributed by atoms with E-state index in [-0.39, 0.29) is 0 Å². The van der Waals surface area contributed by atoms with E-state index in [0.717, 1.165) is 21.4 Å². The molecule has 4 heteroatoms. The summed E-state index contributed by atoms with van der Waals surface area (Å²) in [7, 11) is 1.66. The van der Waals surface area contributed by atoms with Crippen LogP contribution in [0.1, 0.15) is 5.56 Å². The Morgan fingerprint density at radius 1 is 1.46 bits per heavy atom. The molecular weight excluding hydrogens is 232 g/mol. The first kappa shape index (κ1) is 8.56. The van der Waals surface area contributed by atoms with E-state index in [2.05, 4.69) is 21.0 Å². The number of nitrogens with zero attached hydrogens (tertiary/aromatic N) is 2. The van der Waals surface area contributed by atoms with Crippen LogP contribution >= 0.6 is 15.9 Å². The SMILES string of the molecule is COc1cn2nc(Br)cc2cc1C. The minimum Gasteiger partial charge on any atom is -0.495 e. The third-order valence-corrected chi connectivity index (χ3v) is 2.33. The van der Waals surface area contributed by atoms with E-state index >= 15 is 0 Å². The third kappa shape index (κ3) is 1.42. The van der Waals surface area contributed by atoms with Crippen LogP contribution < -0.4 is 4.74 Å². The van der Waals surface area contributed by atoms with Gasteiger partial charge in [-0.2, -0.15) is 5.10 Å². The van der Waals surface area contributed by atoms with Crippen molar-refractivity contribution in [3.63, 3.8) is 0 Å². The zero-order chi connectivity index (χ0) is 9.42. The molecule has 0 unspecified atom stereocenters. The molecular formula is C9H9BrN2O. The molecule has 0 aliphatic heterocycles. The van der Waals surface area contributed by atoms with Crippen molar-refractivity contribution in [1.29, 1.82) is 0 Å². The molecule has 0 saturated heterocycles. The highest BCUT2D eigenvalue weighted by atomic mass is 79.9. The molecule has 2 heterocycles. The van der Waals surface area contributed by atoms with Gasteiger partial charge in [0.1, 0.15) is 10.4 Å².